The molecule has 0 aliphatic carbocycles. The molecule has 1 rings (SSSR count). The Balaban J connectivity index is 2.68. The van der Waals surface area contributed by atoms with E-state index in [1.807, 2.05) is 0 Å². The van der Waals surface area contributed by atoms with Crippen molar-refractivity contribution in [2.24, 2.45) is 5.92 Å². The quantitative estimate of drug-likeness (QED) is 0.634. The third-order valence-electron chi connectivity index (χ3n) is 3.24. The van der Waals surface area contributed by atoms with Crippen molar-refractivity contribution in [1.82, 2.24) is 0 Å². The van der Waals surface area contributed by atoms with Gasteiger partial charge >= 0.3 is 0 Å². The third-order valence-corrected chi connectivity index (χ3v) is 3.24. The fraction of sp³-hybridized carbons (Fsp3) is 1.00. The van der Waals surface area contributed by atoms with Crippen LogP contribution >= 0.6 is 0 Å². The first-order valence-corrected chi connectivity index (χ1v) is 6.26. The van der Waals surface area contributed by atoms with Crippen LogP contribution in [-0.4, -0.2) is 12.2 Å². The molecule has 1 fully saturated rings. The van der Waals surface area contributed by atoms with E-state index in [9.17, 15) is 0 Å². The summed E-state index contributed by atoms with van der Waals surface area (Å²) in [6.45, 7) is 7.27. The molecule has 0 amide bonds. The number of hydrogen-bond donors (Lipinski definition) is 0. The normalized spacial score (nSPS) is 25.4. The van der Waals surface area contributed by atoms with Gasteiger partial charge in [-0.25, -0.2) is 4.89 Å². The molecule has 0 radical (unpaired) electrons. The van der Waals surface area contributed by atoms with Crippen LogP contribution in [0.2, 0.25) is 0 Å². The van der Waals surface area contributed by atoms with E-state index in [-0.39, 0.29) is 5.60 Å². The topological polar surface area (TPSA) is 27.7 Å². The van der Waals surface area contributed by atoms with Crippen LogP contribution in [0, 0.1) is 5.92 Å². The molecule has 1 saturated heterocycles. The molecule has 1 unspecified atom stereocenters. The molecule has 0 aromatic heterocycles. The average molecular weight is 216 g/mol. The lowest BCUT2D eigenvalue weighted by Crippen LogP contribution is -2.46. The van der Waals surface area contributed by atoms with Crippen molar-refractivity contribution in [2.75, 3.05) is 6.61 Å². The third kappa shape index (κ3) is 3.16. The summed E-state index contributed by atoms with van der Waals surface area (Å²) in [7, 11) is 0. The average Bonchev–Trinajstić information content (AvgIpc) is 2.23. The summed E-state index contributed by atoms with van der Waals surface area (Å²) in [4.78, 5) is 10.4. The van der Waals surface area contributed by atoms with Crippen molar-refractivity contribution in [3.05, 3.63) is 0 Å². The molecule has 0 spiro atoms. The second-order valence-electron chi connectivity index (χ2n) is 4.49. The Morgan fingerprint density at radius 1 is 1.07 bits per heavy atom. The minimum Gasteiger partial charge on any atom is -0.206 e. The van der Waals surface area contributed by atoms with Crippen molar-refractivity contribution in [3.8, 4) is 0 Å². The van der Waals surface area contributed by atoms with Crippen molar-refractivity contribution in [1.29, 1.82) is 0 Å². The van der Waals surface area contributed by atoms with Gasteiger partial charge in [0.2, 0.25) is 0 Å². The van der Waals surface area contributed by atoms with Crippen LogP contribution in [0.1, 0.15) is 59.3 Å². The Bertz CT molecular complexity index is 157. The molecule has 0 aromatic carbocycles. The maximum absolute atomic E-state index is 5.49. The van der Waals surface area contributed by atoms with Crippen molar-refractivity contribution >= 4 is 0 Å². The highest BCUT2D eigenvalue weighted by Crippen LogP contribution is 2.38. The van der Waals surface area contributed by atoms with Crippen LogP contribution in [0.25, 0.3) is 0 Å². The van der Waals surface area contributed by atoms with Gasteiger partial charge < -0.3 is 0 Å². The molecule has 3 nitrogen and oxygen atoms in total. The van der Waals surface area contributed by atoms with Gasteiger partial charge in [-0.2, -0.15) is 4.89 Å². The first kappa shape index (κ1) is 12.9. The Kier molecular flexibility index (Phi) is 5.58. The van der Waals surface area contributed by atoms with Gasteiger partial charge in [-0.1, -0.05) is 45.1 Å². The molecule has 1 atom stereocenters. The largest absolute Gasteiger partial charge is 0.206 e. The van der Waals surface area contributed by atoms with Gasteiger partial charge in [0.25, 0.3) is 0 Å². The predicted molar refractivity (Wildman–Crippen MR) is 59.1 cm³/mol. The molecule has 1 aliphatic rings. The van der Waals surface area contributed by atoms with Gasteiger partial charge in [-0.05, 0) is 19.3 Å². The van der Waals surface area contributed by atoms with Gasteiger partial charge in [0.1, 0.15) is 5.60 Å². The highest BCUT2D eigenvalue weighted by molar-refractivity contribution is 4.87. The molecular weight excluding hydrogens is 192 g/mol. The van der Waals surface area contributed by atoms with Crippen molar-refractivity contribution in [2.45, 2.75) is 64.9 Å². The monoisotopic (exact) mass is 216 g/mol. The fourth-order valence-corrected chi connectivity index (χ4v) is 2.58. The van der Waals surface area contributed by atoms with Gasteiger partial charge in [0.15, 0.2) is 0 Å². The van der Waals surface area contributed by atoms with E-state index >= 15 is 0 Å². The lowest BCUT2D eigenvalue weighted by atomic mass is 9.78. The standard InChI is InChI=1S/C12H24O3/c1-4-7-11-10-13-15-14-12(11,8-5-2)9-6-3/h11H,4-10H2,1-3H3. The maximum atomic E-state index is 5.49. The van der Waals surface area contributed by atoms with Gasteiger partial charge in [-0.15, -0.1) is 0 Å². The van der Waals surface area contributed by atoms with Crippen LogP contribution in [0.5, 0.6) is 0 Å². The zero-order valence-electron chi connectivity index (χ0n) is 10.3. The SMILES string of the molecule is CCCC1COOOC1(CCC)CCC. The lowest BCUT2D eigenvalue weighted by Gasteiger charge is -2.41. The smallest absolute Gasteiger partial charge is 0.112 e. The molecule has 0 saturated carbocycles. The van der Waals surface area contributed by atoms with Crippen LogP contribution < -0.4 is 0 Å². The van der Waals surface area contributed by atoms with E-state index in [2.05, 4.69) is 20.8 Å². The zero-order valence-corrected chi connectivity index (χ0v) is 10.3. The summed E-state index contributed by atoms with van der Waals surface area (Å²) in [6, 6.07) is 0. The van der Waals surface area contributed by atoms with E-state index in [0.717, 1.165) is 32.1 Å². The molecular formula is C12H24O3. The molecule has 15 heavy (non-hydrogen) atoms. The first-order chi connectivity index (χ1) is 7.29. The summed E-state index contributed by atoms with van der Waals surface area (Å²) in [5, 5.41) is 4.77. The molecule has 1 aliphatic heterocycles. The Morgan fingerprint density at radius 2 is 1.73 bits per heavy atom. The molecule has 90 valence electrons. The van der Waals surface area contributed by atoms with E-state index in [0.29, 0.717) is 12.5 Å². The molecule has 1 heterocycles. The molecule has 0 N–H and O–H groups in total. The minimum absolute atomic E-state index is 0.0994. The Labute approximate surface area is 92.9 Å². The summed E-state index contributed by atoms with van der Waals surface area (Å²) >= 11 is 0. The second-order valence-corrected chi connectivity index (χ2v) is 4.49. The van der Waals surface area contributed by atoms with Gasteiger partial charge in [0, 0.05) is 5.92 Å². The highest BCUT2D eigenvalue weighted by Gasteiger charge is 2.42. The van der Waals surface area contributed by atoms with Gasteiger partial charge in [0.05, 0.1) is 6.61 Å². The summed E-state index contributed by atoms with van der Waals surface area (Å²) in [5.41, 5.74) is -0.0994. The van der Waals surface area contributed by atoms with Crippen LogP contribution in [-0.2, 0) is 14.8 Å². The highest BCUT2D eigenvalue weighted by atomic mass is 17.5. The fourth-order valence-electron chi connectivity index (χ4n) is 2.58. The van der Waals surface area contributed by atoms with E-state index < -0.39 is 0 Å². The number of rotatable bonds is 6. The minimum atomic E-state index is -0.0994. The predicted octanol–water partition coefficient (Wildman–Crippen LogP) is 3.64. The Hall–Kier alpha value is -0.120. The summed E-state index contributed by atoms with van der Waals surface area (Å²) in [5.74, 6) is 0.483. The van der Waals surface area contributed by atoms with E-state index in [4.69, 9.17) is 14.8 Å². The second kappa shape index (κ2) is 6.46. The molecule has 3 heteroatoms. The molecule has 0 bridgehead atoms. The lowest BCUT2D eigenvalue weighted by molar-refractivity contribution is -0.581. The van der Waals surface area contributed by atoms with Gasteiger partial charge in [-0.3, -0.25) is 0 Å². The zero-order chi connectivity index (χ0) is 11.1. The van der Waals surface area contributed by atoms with Crippen LogP contribution in [0.4, 0.5) is 0 Å². The maximum Gasteiger partial charge on any atom is 0.112 e. The van der Waals surface area contributed by atoms with E-state index in [1.165, 1.54) is 6.42 Å². The Morgan fingerprint density at radius 3 is 2.27 bits per heavy atom. The van der Waals surface area contributed by atoms with Crippen LogP contribution in [0.3, 0.4) is 0 Å². The van der Waals surface area contributed by atoms with Crippen LogP contribution in [0.15, 0.2) is 0 Å². The van der Waals surface area contributed by atoms with Crippen molar-refractivity contribution in [3.63, 3.8) is 0 Å². The van der Waals surface area contributed by atoms with Crippen molar-refractivity contribution < 1.29 is 14.8 Å². The summed E-state index contributed by atoms with van der Waals surface area (Å²) in [6.07, 6.45) is 6.72. The first-order valence-electron chi connectivity index (χ1n) is 6.26. The molecule has 0 aromatic rings. The van der Waals surface area contributed by atoms with E-state index in [1.54, 1.807) is 0 Å². The number of hydrogen-bond acceptors (Lipinski definition) is 3. The summed E-state index contributed by atoms with van der Waals surface area (Å²) < 4.78 is 0.